The molecule has 114 valence electrons. The van der Waals surface area contributed by atoms with E-state index in [-0.39, 0.29) is 0 Å². The topological polar surface area (TPSA) is 53.1 Å². The molecule has 0 amide bonds. The lowest BCUT2D eigenvalue weighted by atomic mass is 10.1. The number of piperidine rings is 1. The van der Waals surface area contributed by atoms with E-state index in [0.29, 0.717) is 5.95 Å². The summed E-state index contributed by atoms with van der Waals surface area (Å²) in [7, 11) is 0. The Labute approximate surface area is 129 Å². The lowest BCUT2D eigenvalue weighted by Crippen LogP contribution is -2.33. The van der Waals surface area contributed by atoms with Crippen LogP contribution in [0.5, 0.6) is 0 Å². The van der Waals surface area contributed by atoms with Gasteiger partial charge in [0.2, 0.25) is 5.95 Å². The standard InChI is InChI=1S/C15H23N5S/c1-2-16-15-18-13(12-6-11-21-14(12)19-15)17-7-10-20-8-4-3-5-9-20/h6,11H,2-5,7-10H2,1H3,(H2,16,17,18,19). The van der Waals surface area contributed by atoms with Crippen molar-refractivity contribution in [2.75, 3.05) is 43.4 Å². The minimum Gasteiger partial charge on any atom is -0.368 e. The monoisotopic (exact) mass is 305 g/mol. The van der Waals surface area contributed by atoms with Gasteiger partial charge in [-0.05, 0) is 44.3 Å². The first-order chi connectivity index (χ1) is 10.4. The smallest absolute Gasteiger partial charge is 0.226 e. The van der Waals surface area contributed by atoms with E-state index < -0.39 is 0 Å². The van der Waals surface area contributed by atoms with Crippen molar-refractivity contribution in [2.24, 2.45) is 0 Å². The third kappa shape index (κ3) is 3.63. The Balaban J connectivity index is 1.65. The van der Waals surface area contributed by atoms with Gasteiger partial charge in [-0.3, -0.25) is 0 Å². The van der Waals surface area contributed by atoms with Crippen LogP contribution >= 0.6 is 11.3 Å². The second kappa shape index (κ2) is 7.04. The van der Waals surface area contributed by atoms with E-state index in [1.165, 1.54) is 32.4 Å². The van der Waals surface area contributed by atoms with Crippen LogP contribution in [-0.2, 0) is 0 Å². The van der Waals surface area contributed by atoms with Crippen LogP contribution < -0.4 is 10.6 Å². The zero-order valence-corrected chi connectivity index (χ0v) is 13.4. The molecule has 3 rings (SSSR count). The summed E-state index contributed by atoms with van der Waals surface area (Å²) in [5, 5.41) is 9.90. The summed E-state index contributed by atoms with van der Waals surface area (Å²) in [5.74, 6) is 1.67. The third-order valence-corrected chi connectivity index (χ3v) is 4.64. The SMILES string of the molecule is CCNc1nc(NCCN2CCCCC2)c2ccsc2n1. The second-order valence-electron chi connectivity index (χ2n) is 5.39. The summed E-state index contributed by atoms with van der Waals surface area (Å²) in [6.07, 6.45) is 4.07. The molecule has 2 N–H and O–H groups in total. The molecule has 0 aliphatic carbocycles. The Hall–Kier alpha value is -1.40. The number of hydrogen-bond donors (Lipinski definition) is 2. The van der Waals surface area contributed by atoms with Crippen LogP contribution in [-0.4, -0.2) is 47.6 Å². The molecular weight excluding hydrogens is 282 g/mol. The fourth-order valence-electron chi connectivity index (χ4n) is 2.74. The van der Waals surface area contributed by atoms with Crippen molar-refractivity contribution < 1.29 is 0 Å². The van der Waals surface area contributed by atoms with Crippen molar-refractivity contribution in [3.8, 4) is 0 Å². The Morgan fingerprint density at radius 2 is 2.05 bits per heavy atom. The van der Waals surface area contributed by atoms with E-state index in [2.05, 4.69) is 43.9 Å². The number of hydrogen-bond acceptors (Lipinski definition) is 6. The zero-order chi connectivity index (χ0) is 14.5. The molecular formula is C15H23N5S. The van der Waals surface area contributed by atoms with E-state index in [0.717, 1.165) is 35.7 Å². The van der Waals surface area contributed by atoms with Gasteiger partial charge in [0.05, 0.1) is 5.39 Å². The van der Waals surface area contributed by atoms with Gasteiger partial charge < -0.3 is 15.5 Å². The summed E-state index contributed by atoms with van der Waals surface area (Å²) in [5.41, 5.74) is 0. The number of fused-ring (bicyclic) bond motifs is 1. The molecule has 2 aromatic rings. The fraction of sp³-hybridized carbons (Fsp3) is 0.600. The van der Waals surface area contributed by atoms with Gasteiger partial charge in [0.25, 0.3) is 0 Å². The average molecular weight is 305 g/mol. The maximum absolute atomic E-state index is 4.60. The van der Waals surface area contributed by atoms with Crippen molar-refractivity contribution in [3.05, 3.63) is 11.4 Å². The Morgan fingerprint density at radius 3 is 2.86 bits per heavy atom. The normalized spacial score (nSPS) is 16.2. The highest BCUT2D eigenvalue weighted by molar-refractivity contribution is 7.16. The first-order valence-electron chi connectivity index (χ1n) is 7.82. The van der Waals surface area contributed by atoms with Crippen LogP contribution in [0.3, 0.4) is 0 Å². The molecule has 0 radical (unpaired) electrons. The first kappa shape index (κ1) is 14.5. The number of nitrogens with one attached hydrogen (secondary N) is 2. The number of anilines is 2. The van der Waals surface area contributed by atoms with Crippen LogP contribution in [0.25, 0.3) is 10.2 Å². The van der Waals surface area contributed by atoms with Gasteiger partial charge in [0, 0.05) is 19.6 Å². The van der Waals surface area contributed by atoms with Gasteiger partial charge in [-0.2, -0.15) is 4.98 Å². The van der Waals surface area contributed by atoms with E-state index >= 15 is 0 Å². The predicted octanol–water partition coefficient (Wildman–Crippen LogP) is 3.02. The summed E-state index contributed by atoms with van der Waals surface area (Å²) < 4.78 is 0. The van der Waals surface area contributed by atoms with E-state index in [4.69, 9.17) is 0 Å². The predicted molar refractivity (Wildman–Crippen MR) is 90.4 cm³/mol. The fourth-order valence-corrected chi connectivity index (χ4v) is 3.51. The maximum Gasteiger partial charge on any atom is 0.226 e. The summed E-state index contributed by atoms with van der Waals surface area (Å²) in [6, 6.07) is 2.10. The Morgan fingerprint density at radius 1 is 1.19 bits per heavy atom. The zero-order valence-electron chi connectivity index (χ0n) is 12.6. The highest BCUT2D eigenvalue weighted by Gasteiger charge is 2.11. The van der Waals surface area contributed by atoms with Crippen LogP contribution in [0.2, 0.25) is 0 Å². The molecule has 0 bridgehead atoms. The molecule has 1 aliphatic rings. The second-order valence-corrected chi connectivity index (χ2v) is 6.29. The Bertz CT molecular complexity index is 576. The molecule has 0 spiro atoms. The molecule has 2 aromatic heterocycles. The molecule has 0 saturated carbocycles. The van der Waals surface area contributed by atoms with Gasteiger partial charge in [0.1, 0.15) is 10.6 Å². The summed E-state index contributed by atoms with van der Waals surface area (Å²) in [4.78, 5) is 12.7. The van der Waals surface area contributed by atoms with Crippen molar-refractivity contribution >= 4 is 33.3 Å². The van der Waals surface area contributed by atoms with E-state index in [1.807, 2.05) is 0 Å². The first-order valence-corrected chi connectivity index (χ1v) is 8.70. The van der Waals surface area contributed by atoms with E-state index in [9.17, 15) is 0 Å². The highest BCUT2D eigenvalue weighted by Crippen LogP contribution is 2.26. The summed E-state index contributed by atoms with van der Waals surface area (Å²) >= 11 is 1.66. The molecule has 0 unspecified atom stereocenters. The molecule has 21 heavy (non-hydrogen) atoms. The average Bonchev–Trinajstić information content (AvgIpc) is 2.97. The van der Waals surface area contributed by atoms with Crippen molar-refractivity contribution in [1.29, 1.82) is 0 Å². The minimum atomic E-state index is 0.716. The van der Waals surface area contributed by atoms with Crippen molar-refractivity contribution in [3.63, 3.8) is 0 Å². The van der Waals surface area contributed by atoms with Crippen molar-refractivity contribution in [1.82, 2.24) is 14.9 Å². The molecule has 0 atom stereocenters. The van der Waals surface area contributed by atoms with Crippen LogP contribution in [0, 0.1) is 0 Å². The Kier molecular flexibility index (Phi) is 4.87. The molecule has 1 saturated heterocycles. The van der Waals surface area contributed by atoms with Crippen LogP contribution in [0.4, 0.5) is 11.8 Å². The summed E-state index contributed by atoms with van der Waals surface area (Å²) in [6.45, 7) is 7.40. The lowest BCUT2D eigenvalue weighted by molar-refractivity contribution is 0.237. The minimum absolute atomic E-state index is 0.716. The van der Waals surface area contributed by atoms with Gasteiger partial charge in [0.15, 0.2) is 0 Å². The maximum atomic E-state index is 4.60. The van der Waals surface area contributed by atoms with Crippen LogP contribution in [0.15, 0.2) is 11.4 Å². The lowest BCUT2D eigenvalue weighted by Gasteiger charge is -2.26. The molecule has 1 fully saturated rings. The molecule has 0 aromatic carbocycles. The van der Waals surface area contributed by atoms with Gasteiger partial charge in [-0.1, -0.05) is 6.42 Å². The number of likely N-dealkylation sites (tertiary alicyclic amines) is 1. The molecule has 3 heterocycles. The van der Waals surface area contributed by atoms with Gasteiger partial charge in [-0.25, -0.2) is 4.98 Å². The number of thiophene rings is 1. The molecule has 5 nitrogen and oxygen atoms in total. The highest BCUT2D eigenvalue weighted by atomic mass is 32.1. The quantitative estimate of drug-likeness (QED) is 0.859. The third-order valence-electron chi connectivity index (χ3n) is 3.83. The largest absolute Gasteiger partial charge is 0.368 e. The van der Waals surface area contributed by atoms with Crippen LogP contribution in [0.1, 0.15) is 26.2 Å². The molecule has 1 aliphatic heterocycles. The number of nitrogens with zero attached hydrogens (tertiary/aromatic N) is 3. The number of rotatable bonds is 6. The molecule has 6 heteroatoms. The van der Waals surface area contributed by atoms with Gasteiger partial charge >= 0.3 is 0 Å². The van der Waals surface area contributed by atoms with Gasteiger partial charge in [-0.15, -0.1) is 11.3 Å². The van der Waals surface area contributed by atoms with E-state index in [1.54, 1.807) is 11.3 Å². The van der Waals surface area contributed by atoms with Crippen molar-refractivity contribution in [2.45, 2.75) is 26.2 Å². The number of aromatic nitrogens is 2.